The SMILES string of the molecule is C=CCN1C(=O)C2C(CCC)N2C1=S. The molecule has 2 aliphatic heterocycles. The molecule has 3 nitrogen and oxygen atoms in total. The molecular weight excluding hydrogens is 196 g/mol. The molecule has 2 rings (SSSR count). The predicted molar refractivity (Wildman–Crippen MR) is 58.8 cm³/mol. The van der Waals surface area contributed by atoms with Crippen LogP contribution in [-0.4, -0.2) is 39.4 Å². The maximum absolute atomic E-state index is 11.8. The molecule has 0 aromatic rings. The quantitative estimate of drug-likeness (QED) is 0.395. The lowest BCUT2D eigenvalue weighted by Crippen LogP contribution is -2.36. The second-order valence-corrected chi connectivity index (χ2v) is 4.09. The highest BCUT2D eigenvalue weighted by atomic mass is 32.1. The highest BCUT2D eigenvalue weighted by Crippen LogP contribution is 2.40. The van der Waals surface area contributed by atoms with Gasteiger partial charge >= 0.3 is 0 Å². The summed E-state index contributed by atoms with van der Waals surface area (Å²) in [6, 6.07) is 0.448. The molecule has 0 aromatic carbocycles. The lowest BCUT2D eigenvalue weighted by atomic mass is 10.2. The molecule has 4 heteroatoms. The van der Waals surface area contributed by atoms with E-state index in [1.54, 1.807) is 11.0 Å². The number of amides is 1. The van der Waals surface area contributed by atoms with Gasteiger partial charge in [0, 0.05) is 6.54 Å². The number of carbonyl (C=O) groups excluding carboxylic acids is 1. The lowest BCUT2D eigenvalue weighted by Gasteiger charge is -2.17. The third kappa shape index (κ3) is 1.17. The average molecular weight is 210 g/mol. The van der Waals surface area contributed by atoms with Crippen molar-refractivity contribution in [3.05, 3.63) is 12.7 Å². The topological polar surface area (TPSA) is 23.3 Å². The maximum Gasteiger partial charge on any atom is 0.253 e. The number of hydrogen-bond donors (Lipinski definition) is 0. The molecule has 0 N–H and O–H groups in total. The molecule has 0 spiro atoms. The summed E-state index contributed by atoms with van der Waals surface area (Å²) in [6.07, 6.45) is 3.89. The van der Waals surface area contributed by atoms with Gasteiger partial charge in [-0.25, -0.2) is 0 Å². The molecule has 76 valence electrons. The van der Waals surface area contributed by atoms with Crippen LogP contribution in [0.3, 0.4) is 0 Å². The summed E-state index contributed by atoms with van der Waals surface area (Å²) in [5.74, 6) is 0.161. The van der Waals surface area contributed by atoms with Gasteiger partial charge in [0.2, 0.25) is 0 Å². The zero-order chi connectivity index (χ0) is 10.3. The molecule has 2 unspecified atom stereocenters. The van der Waals surface area contributed by atoms with Crippen molar-refractivity contribution in [2.75, 3.05) is 6.54 Å². The molecule has 2 atom stereocenters. The van der Waals surface area contributed by atoms with Gasteiger partial charge in [-0.2, -0.15) is 0 Å². The largest absolute Gasteiger partial charge is 0.329 e. The first-order valence-electron chi connectivity index (χ1n) is 4.97. The van der Waals surface area contributed by atoms with E-state index >= 15 is 0 Å². The van der Waals surface area contributed by atoms with E-state index in [2.05, 4.69) is 13.5 Å². The fourth-order valence-corrected chi connectivity index (χ4v) is 2.52. The van der Waals surface area contributed by atoms with Crippen LogP contribution in [0.4, 0.5) is 0 Å². The van der Waals surface area contributed by atoms with Crippen molar-refractivity contribution < 1.29 is 4.79 Å². The standard InChI is InChI=1S/C10H14N2OS/c1-3-5-7-8-9(13)11(6-4-2)10(14)12(7)8/h4,7-8H,2-3,5-6H2,1H3. The van der Waals surface area contributed by atoms with Gasteiger partial charge in [-0.3, -0.25) is 9.69 Å². The van der Waals surface area contributed by atoms with E-state index in [4.69, 9.17) is 12.2 Å². The van der Waals surface area contributed by atoms with Crippen LogP contribution in [0.15, 0.2) is 12.7 Å². The van der Waals surface area contributed by atoms with Gasteiger partial charge < -0.3 is 4.90 Å². The lowest BCUT2D eigenvalue weighted by molar-refractivity contribution is -0.125. The Morgan fingerprint density at radius 1 is 1.64 bits per heavy atom. The van der Waals surface area contributed by atoms with E-state index in [1.807, 2.05) is 4.90 Å². The Bertz CT molecular complexity index is 280. The van der Waals surface area contributed by atoms with Gasteiger partial charge in [-0.1, -0.05) is 19.4 Å². The maximum atomic E-state index is 11.8. The smallest absolute Gasteiger partial charge is 0.253 e. The van der Waals surface area contributed by atoms with Crippen molar-refractivity contribution in [3.8, 4) is 0 Å². The number of nitrogens with zero attached hydrogens (tertiary/aromatic N) is 2. The average Bonchev–Trinajstić information content (AvgIpc) is 2.80. The summed E-state index contributed by atoms with van der Waals surface area (Å²) < 4.78 is 0. The van der Waals surface area contributed by atoms with E-state index in [0.29, 0.717) is 17.7 Å². The second-order valence-electron chi connectivity index (χ2n) is 3.73. The minimum absolute atomic E-state index is 0.0578. The van der Waals surface area contributed by atoms with E-state index in [9.17, 15) is 4.79 Å². The van der Waals surface area contributed by atoms with Crippen molar-refractivity contribution in [3.63, 3.8) is 0 Å². The van der Waals surface area contributed by atoms with Crippen molar-refractivity contribution in [2.24, 2.45) is 0 Å². The highest BCUT2D eigenvalue weighted by molar-refractivity contribution is 7.80. The minimum atomic E-state index is 0.0578. The summed E-state index contributed by atoms with van der Waals surface area (Å²) in [5.41, 5.74) is 0. The third-order valence-corrected chi connectivity index (χ3v) is 3.23. The van der Waals surface area contributed by atoms with Gasteiger partial charge in [0.1, 0.15) is 6.04 Å². The molecule has 14 heavy (non-hydrogen) atoms. The molecule has 0 radical (unpaired) electrons. The van der Waals surface area contributed by atoms with Crippen LogP contribution in [0.2, 0.25) is 0 Å². The fraction of sp³-hybridized carbons (Fsp3) is 0.600. The molecule has 0 bridgehead atoms. The van der Waals surface area contributed by atoms with Gasteiger partial charge in [-0.15, -0.1) is 6.58 Å². The third-order valence-electron chi connectivity index (χ3n) is 2.80. The van der Waals surface area contributed by atoms with E-state index < -0.39 is 0 Å². The van der Waals surface area contributed by atoms with Gasteiger partial charge in [0.25, 0.3) is 5.91 Å². The summed E-state index contributed by atoms with van der Waals surface area (Å²) in [7, 11) is 0. The molecule has 2 aliphatic rings. The van der Waals surface area contributed by atoms with Crippen LogP contribution in [0, 0.1) is 0 Å². The van der Waals surface area contributed by atoms with E-state index in [-0.39, 0.29) is 11.9 Å². The molecule has 0 aromatic heterocycles. The molecule has 1 amide bonds. The van der Waals surface area contributed by atoms with Crippen LogP contribution < -0.4 is 0 Å². The zero-order valence-electron chi connectivity index (χ0n) is 8.27. The Labute approximate surface area is 89.4 Å². The molecule has 0 saturated carbocycles. The fourth-order valence-electron chi connectivity index (χ4n) is 2.11. The number of thiocarbonyl (C=S) groups is 1. The molecule has 2 saturated heterocycles. The van der Waals surface area contributed by atoms with Gasteiger partial charge in [0.05, 0.1) is 6.04 Å². The normalized spacial score (nSPS) is 29.5. The number of carbonyl (C=O) groups is 1. The van der Waals surface area contributed by atoms with Crippen LogP contribution >= 0.6 is 12.2 Å². The Morgan fingerprint density at radius 3 is 2.79 bits per heavy atom. The first-order chi connectivity index (χ1) is 6.72. The summed E-state index contributed by atoms with van der Waals surface area (Å²) >= 11 is 5.22. The van der Waals surface area contributed by atoms with Crippen LogP contribution in [0.1, 0.15) is 19.8 Å². The van der Waals surface area contributed by atoms with Crippen LogP contribution in [-0.2, 0) is 4.79 Å². The number of hydrogen-bond acceptors (Lipinski definition) is 2. The first kappa shape index (κ1) is 9.65. The Hall–Kier alpha value is -0.900. The number of rotatable bonds is 4. The van der Waals surface area contributed by atoms with Crippen molar-refractivity contribution >= 4 is 23.2 Å². The Morgan fingerprint density at radius 2 is 2.36 bits per heavy atom. The Kier molecular flexibility index (Phi) is 2.31. The Balaban J connectivity index is 2.05. The van der Waals surface area contributed by atoms with E-state index in [1.165, 1.54) is 0 Å². The molecule has 2 heterocycles. The summed E-state index contributed by atoms with van der Waals surface area (Å²) in [4.78, 5) is 15.5. The minimum Gasteiger partial charge on any atom is -0.329 e. The van der Waals surface area contributed by atoms with E-state index in [0.717, 1.165) is 12.8 Å². The van der Waals surface area contributed by atoms with Crippen molar-refractivity contribution in [1.82, 2.24) is 9.80 Å². The van der Waals surface area contributed by atoms with Crippen LogP contribution in [0.5, 0.6) is 0 Å². The van der Waals surface area contributed by atoms with Crippen molar-refractivity contribution in [1.29, 1.82) is 0 Å². The predicted octanol–water partition coefficient (Wildman–Crippen LogP) is 1.15. The second kappa shape index (κ2) is 3.35. The highest BCUT2D eigenvalue weighted by Gasteiger charge is 2.61. The molecular formula is C10H14N2OS. The first-order valence-corrected chi connectivity index (χ1v) is 5.37. The van der Waals surface area contributed by atoms with Gasteiger partial charge in [-0.05, 0) is 18.6 Å². The molecule has 2 fully saturated rings. The van der Waals surface area contributed by atoms with Gasteiger partial charge in [0.15, 0.2) is 5.11 Å². The van der Waals surface area contributed by atoms with Crippen LogP contribution in [0.25, 0.3) is 0 Å². The van der Waals surface area contributed by atoms with Crippen molar-refractivity contribution in [2.45, 2.75) is 31.8 Å². The number of fused-ring (bicyclic) bond motifs is 1. The summed E-state index contributed by atoms with van der Waals surface area (Å²) in [6.45, 7) is 6.29. The monoisotopic (exact) mass is 210 g/mol. The summed E-state index contributed by atoms with van der Waals surface area (Å²) in [5, 5.41) is 0.693. The zero-order valence-corrected chi connectivity index (χ0v) is 9.09. The molecule has 0 aliphatic carbocycles.